The third-order valence-corrected chi connectivity index (χ3v) is 3.49. The van der Waals surface area contributed by atoms with Crippen molar-refractivity contribution in [2.75, 3.05) is 0 Å². The summed E-state index contributed by atoms with van der Waals surface area (Å²) in [7, 11) is 0. The van der Waals surface area contributed by atoms with Gasteiger partial charge in [-0.05, 0) is 6.42 Å². The highest BCUT2D eigenvalue weighted by Gasteiger charge is 2.32. The quantitative estimate of drug-likeness (QED) is 0.746. The minimum atomic E-state index is -2.95. The molecule has 0 saturated carbocycles. The van der Waals surface area contributed by atoms with Crippen molar-refractivity contribution < 1.29 is 8.78 Å². The minimum Gasteiger partial charge on any atom is -0.266 e. The Morgan fingerprint density at radius 2 is 2.00 bits per heavy atom. The Hall–Kier alpha value is -1.42. The maximum atomic E-state index is 14.0. The number of halogens is 3. The predicted molar refractivity (Wildman–Crippen MR) is 71.4 cm³/mol. The summed E-state index contributed by atoms with van der Waals surface area (Å²) in [6.45, 7) is 1.46. The van der Waals surface area contributed by atoms with Gasteiger partial charge in [-0.2, -0.15) is 13.9 Å². The summed E-state index contributed by atoms with van der Waals surface area (Å²) in [5.41, 5.74) is 0.762. The molecule has 0 radical (unpaired) electrons. The maximum Gasteiger partial charge on any atom is 0.292 e. The van der Waals surface area contributed by atoms with E-state index in [1.165, 1.54) is 16.8 Å². The second kappa shape index (κ2) is 5.70. The van der Waals surface area contributed by atoms with Crippen LogP contribution in [-0.4, -0.2) is 9.78 Å². The zero-order valence-electron chi connectivity index (χ0n) is 10.6. The molecule has 1 aromatic heterocycles. The van der Waals surface area contributed by atoms with Gasteiger partial charge in [-0.15, -0.1) is 11.6 Å². The fraction of sp³-hybridized carbons (Fsp3) is 0.357. The van der Waals surface area contributed by atoms with Crippen LogP contribution >= 0.6 is 11.6 Å². The van der Waals surface area contributed by atoms with Crippen LogP contribution in [0, 0.1) is 0 Å². The number of hydrogen-bond donors (Lipinski definition) is 0. The summed E-state index contributed by atoms with van der Waals surface area (Å²) in [6.07, 6.45) is 3.86. The van der Waals surface area contributed by atoms with Gasteiger partial charge in [-0.25, -0.2) is 0 Å². The molecule has 2 rings (SSSR count). The molecule has 0 N–H and O–H groups in total. The van der Waals surface area contributed by atoms with Crippen molar-refractivity contribution in [1.82, 2.24) is 9.78 Å². The first-order chi connectivity index (χ1) is 9.03. The fourth-order valence-corrected chi connectivity index (χ4v) is 1.95. The van der Waals surface area contributed by atoms with E-state index in [0.29, 0.717) is 0 Å². The third-order valence-electron chi connectivity index (χ3n) is 2.93. The SMILES string of the molecule is CCC(Cl)c1cnn(CC(F)(F)c2ccccc2)c1. The molecule has 2 aromatic rings. The van der Waals surface area contributed by atoms with E-state index in [-0.39, 0.29) is 10.9 Å². The molecule has 0 bridgehead atoms. The highest BCUT2D eigenvalue weighted by atomic mass is 35.5. The lowest BCUT2D eigenvalue weighted by Gasteiger charge is -2.16. The lowest BCUT2D eigenvalue weighted by atomic mass is 10.1. The first kappa shape index (κ1) is 14.0. The van der Waals surface area contributed by atoms with Crippen LogP contribution in [0.2, 0.25) is 0 Å². The zero-order valence-corrected chi connectivity index (χ0v) is 11.3. The Balaban J connectivity index is 2.14. The van der Waals surface area contributed by atoms with Crippen molar-refractivity contribution in [3.8, 4) is 0 Å². The number of rotatable bonds is 5. The van der Waals surface area contributed by atoms with Crippen LogP contribution in [0.15, 0.2) is 42.7 Å². The lowest BCUT2D eigenvalue weighted by Crippen LogP contribution is -2.21. The molecular formula is C14H15ClF2N2. The highest BCUT2D eigenvalue weighted by molar-refractivity contribution is 6.20. The normalized spacial score (nSPS) is 13.5. The van der Waals surface area contributed by atoms with Crippen LogP contribution in [0.5, 0.6) is 0 Å². The number of alkyl halides is 3. The molecule has 0 aliphatic heterocycles. The van der Waals surface area contributed by atoms with Crippen molar-refractivity contribution >= 4 is 11.6 Å². The van der Waals surface area contributed by atoms with Crippen molar-refractivity contribution in [1.29, 1.82) is 0 Å². The molecule has 0 spiro atoms. The second-order valence-corrected chi connectivity index (χ2v) is 4.94. The first-order valence-corrected chi connectivity index (χ1v) is 6.56. The lowest BCUT2D eigenvalue weighted by molar-refractivity contribution is -0.0254. The van der Waals surface area contributed by atoms with E-state index in [4.69, 9.17) is 11.6 Å². The van der Waals surface area contributed by atoms with E-state index in [9.17, 15) is 8.78 Å². The van der Waals surface area contributed by atoms with E-state index < -0.39 is 12.5 Å². The topological polar surface area (TPSA) is 17.8 Å². The van der Waals surface area contributed by atoms with E-state index >= 15 is 0 Å². The largest absolute Gasteiger partial charge is 0.292 e. The Morgan fingerprint density at radius 3 is 2.63 bits per heavy atom. The van der Waals surface area contributed by atoms with Crippen molar-refractivity contribution in [3.63, 3.8) is 0 Å². The molecule has 0 amide bonds. The third kappa shape index (κ3) is 3.32. The molecule has 1 aromatic carbocycles. The molecular weight excluding hydrogens is 270 g/mol. The van der Waals surface area contributed by atoms with Gasteiger partial charge in [0.25, 0.3) is 5.92 Å². The van der Waals surface area contributed by atoms with Crippen LogP contribution in [0.3, 0.4) is 0 Å². The number of aromatic nitrogens is 2. The van der Waals surface area contributed by atoms with Gasteiger partial charge in [-0.3, -0.25) is 4.68 Å². The highest BCUT2D eigenvalue weighted by Crippen LogP contribution is 2.30. The molecule has 1 heterocycles. The van der Waals surface area contributed by atoms with Gasteiger partial charge < -0.3 is 0 Å². The average Bonchev–Trinajstić information content (AvgIpc) is 2.86. The zero-order chi connectivity index (χ0) is 13.9. The number of benzene rings is 1. The number of hydrogen-bond acceptors (Lipinski definition) is 1. The van der Waals surface area contributed by atoms with Gasteiger partial charge >= 0.3 is 0 Å². The Labute approximate surface area is 116 Å². The Bertz CT molecular complexity index is 525. The summed E-state index contributed by atoms with van der Waals surface area (Å²) >= 11 is 6.05. The number of nitrogens with zero attached hydrogens (tertiary/aromatic N) is 2. The molecule has 2 nitrogen and oxygen atoms in total. The maximum absolute atomic E-state index is 14.0. The molecule has 0 aliphatic rings. The molecule has 102 valence electrons. The standard InChI is InChI=1S/C14H15ClF2N2/c1-2-13(15)11-8-18-19(9-11)10-14(16,17)12-6-4-3-5-7-12/h3-9,13H,2,10H2,1H3. The van der Waals surface area contributed by atoms with E-state index in [1.807, 2.05) is 6.92 Å². The van der Waals surface area contributed by atoms with Crippen LogP contribution in [0.25, 0.3) is 0 Å². The monoisotopic (exact) mass is 284 g/mol. The van der Waals surface area contributed by atoms with Gasteiger partial charge in [0.2, 0.25) is 0 Å². The first-order valence-electron chi connectivity index (χ1n) is 6.12. The average molecular weight is 285 g/mol. The summed E-state index contributed by atoms with van der Waals surface area (Å²) in [4.78, 5) is 0. The molecule has 0 aliphatic carbocycles. The van der Waals surface area contributed by atoms with Gasteiger partial charge in [0.1, 0.15) is 6.54 Å². The summed E-state index contributed by atoms with van der Waals surface area (Å²) in [6, 6.07) is 7.75. The van der Waals surface area contributed by atoms with E-state index in [0.717, 1.165) is 12.0 Å². The van der Waals surface area contributed by atoms with Crippen molar-refractivity contribution in [2.24, 2.45) is 0 Å². The van der Waals surface area contributed by atoms with E-state index in [1.54, 1.807) is 30.6 Å². The van der Waals surface area contributed by atoms with Crippen LogP contribution in [0.1, 0.15) is 29.8 Å². The minimum absolute atomic E-state index is 0.00929. The van der Waals surface area contributed by atoms with Gasteiger partial charge in [0.05, 0.1) is 11.6 Å². The van der Waals surface area contributed by atoms with Crippen LogP contribution < -0.4 is 0 Å². The summed E-state index contributed by atoms with van der Waals surface area (Å²) in [5.74, 6) is -2.95. The van der Waals surface area contributed by atoms with Gasteiger partial charge in [-0.1, -0.05) is 37.3 Å². The molecule has 1 atom stereocenters. The molecule has 5 heteroatoms. The van der Waals surface area contributed by atoms with Crippen molar-refractivity contribution in [2.45, 2.75) is 31.2 Å². The van der Waals surface area contributed by atoms with Crippen LogP contribution in [0.4, 0.5) is 8.78 Å². The molecule has 0 saturated heterocycles. The molecule has 1 unspecified atom stereocenters. The summed E-state index contributed by atoms with van der Waals surface area (Å²) < 4.78 is 29.3. The summed E-state index contributed by atoms with van der Waals surface area (Å²) in [5, 5.41) is 3.77. The smallest absolute Gasteiger partial charge is 0.266 e. The molecule has 19 heavy (non-hydrogen) atoms. The van der Waals surface area contributed by atoms with Crippen LogP contribution in [-0.2, 0) is 12.5 Å². The Morgan fingerprint density at radius 1 is 1.32 bits per heavy atom. The molecule has 0 fully saturated rings. The van der Waals surface area contributed by atoms with Gasteiger partial charge in [0.15, 0.2) is 0 Å². The fourth-order valence-electron chi connectivity index (χ4n) is 1.84. The second-order valence-electron chi connectivity index (χ2n) is 4.42. The predicted octanol–water partition coefficient (Wildman–Crippen LogP) is 4.37. The van der Waals surface area contributed by atoms with Crippen molar-refractivity contribution in [3.05, 3.63) is 53.9 Å². The Kier molecular flexibility index (Phi) is 4.20. The van der Waals surface area contributed by atoms with E-state index in [2.05, 4.69) is 5.10 Å². The van der Waals surface area contributed by atoms with Gasteiger partial charge in [0, 0.05) is 17.3 Å².